The van der Waals surface area contributed by atoms with Crippen molar-refractivity contribution in [3.05, 3.63) is 47.5 Å². The molecule has 0 spiro atoms. The number of amides is 1. The average Bonchev–Trinajstić information content (AvgIpc) is 2.58. The number of aromatic nitrogens is 2. The molecule has 1 aliphatic heterocycles. The Balaban J connectivity index is 1.57. The minimum atomic E-state index is -0.0751. The molecule has 1 saturated heterocycles. The van der Waals surface area contributed by atoms with Crippen molar-refractivity contribution >= 4 is 17.5 Å². The molecule has 2 aromatic rings. The van der Waals surface area contributed by atoms with E-state index in [0.29, 0.717) is 12.2 Å². The molecule has 0 saturated carbocycles. The molecule has 3 rings (SSSR count). The summed E-state index contributed by atoms with van der Waals surface area (Å²) in [6.45, 7) is 4.10. The van der Waals surface area contributed by atoms with E-state index in [1.165, 1.54) is 24.8 Å². The van der Waals surface area contributed by atoms with Crippen molar-refractivity contribution < 1.29 is 4.79 Å². The molecule has 2 heterocycles. The zero-order valence-electron chi connectivity index (χ0n) is 13.5. The number of rotatable bonds is 4. The second-order valence-corrected chi connectivity index (χ2v) is 6.04. The number of hydrogen-bond donors (Lipinski definition) is 1. The van der Waals surface area contributed by atoms with Crippen LogP contribution in [-0.2, 0) is 11.2 Å². The smallest absolute Gasteiger partial charge is 0.229 e. The zero-order valence-corrected chi connectivity index (χ0v) is 13.5. The fourth-order valence-corrected chi connectivity index (χ4v) is 2.76. The summed E-state index contributed by atoms with van der Waals surface area (Å²) in [5.41, 5.74) is 2.18. The minimum Gasteiger partial charge on any atom is -0.355 e. The number of piperidine rings is 1. The van der Waals surface area contributed by atoms with Gasteiger partial charge in [-0.1, -0.05) is 29.8 Å². The van der Waals surface area contributed by atoms with E-state index in [1.807, 2.05) is 43.3 Å². The molecule has 0 unspecified atom stereocenters. The lowest BCUT2D eigenvalue weighted by Crippen LogP contribution is -2.30. The summed E-state index contributed by atoms with van der Waals surface area (Å²) in [7, 11) is 0. The van der Waals surface area contributed by atoms with E-state index in [2.05, 4.69) is 20.4 Å². The van der Waals surface area contributed by atoms with Gasteiger partial charge in [0.05, 0.1) is 6.42 Å². The van der Waals surface area contributed by atoms with E-state index >= 15 is 0 Å². The molecule has 1 aliphatic rings. The number of hydrogen-bond acceptors (Lipinski definition) is 4. The lowest BCUT2D eigenvalue weighted by atomic mass is 10.1. The first-order valence-electron chi connectivity index (χ1n) is 8.15. The summed E-state index contributed by atoms with van der Waals surface area (Å²) in [4.78, 5) is 14.3. The van der Waals surface area contributed by atoms with Crippen molar-refractivity contribution in [2.75, 3.05) is 23.3 Å². The molecule has 1 aromatic carbocycles. The first-order chi connectivity index (χ1) is 11.2. The largest absolute Gasteiger partial charge is 0.355 e. The van der Waals surface area contributed by atoms with Gasteiger partial charge in [0, 0.05) is 13.1 Å². The van der Waals surface area contributed by atoms with Crippen molar-refractivity contribution in [3.8, 4) is 0 Å². The van der Waals surface area contributed by atoms with Gasteiger partial charge in [-0.25, -0.2) is 0 Å². The van der Waals surface area contributed by atoms with Crippen LogP contribution in [0.2, 0.25) is 0 Å². The quantitative estimate of drug-likeness (QED) is 0.943. The molecule has 0 aliphatic carbocycles. The van der Waals surface area contributed by atoms with Crippen molar-refractivity contribution in [1.82, 2.24) is 10.2 Å². The monoisotopic (exact) mass is 310 g/mol. The highest BCUT2D eigenvalue weighted by atomic mass is 16.1. The van der Waals surface area contributed by atoms with Gasteiger partial charge in [0.2, 0.25) is 5.91 Å². The number of anilines is 2. The van der Waals surface area contributed by atoms with Crippen LogP contribution in [0.15, 0.2) is 36.4 Å². The van der Waals surface area contributed by atoms with Gasteiger partial charge in [-0.3, -0.25) is 4.79 Å². The van der Waals surface area contributed by atoms with E-state index in [9.17, 15) is 4.79 Å². The van der Waals surface area contributed by atoms with E-state index in [4.69, 9.17) is 0 Å². The number of carbonyl (C=O) groups is 1. The van der Waals surface area contributed by atoms with E-state index in [0.717, 1.165) is 24.5 Å². The second kappa shape index (κ2) is 7.22. The third-order valence-corrected chi connectivity index (χ3v) is 4.08. The average molecular weight is 310 g/mol. The standard InChI is InChI=1S/C18H22N4O/c1-14-5-7-15(8-6-14)13-18(23)19-16-9-10-17(21-20-16)22-11-3-2-4-12-22/h5-10H,2-4,11-13H2,1H3,(H,19,20,23). The van der Waals surface area contributed by atoms with Crippen LogP contribution in [0.25, 0.3) is 0 Å². The first-order valence-corrected chi connectivity index (χ1v) is 8.15. The highest BCUT2D eigenvalue weighted by Crippen LogP contribution is 2.17. The molecule has 120 valence electrons. The topological polar surface area (TPSA) is 58.1 Å². The zero-order chi connectivity index (χ0) is 16.1. The van der Waals surface area contributed by atoms with Crippen LogP contribution in [0.4, 0.5) is 11.6 Å². The number of nitrogens with zero attached hydrogens (tertiary/aromatic N) is 3. The third kappa shape index (κ3) is 4.28. The maximum Gasteiger partial charge on any atom is 0.229 e. The summed E-state index contributed by atoms with van der Waals surface area (Å²) in [6.07, 6.45) is 4.04. The summed E-state index contributed by atoms with van der Waals surface area (Å²) in [5.74, 6) is 1.32. The Bertz CT molecular complexity index is 646. The van der Waals surface area contributed by atoms with E-state index in [1.54, 1.807) is 0 Å². The van der Waals surface area contributed by atoms with Gasteiger partial charge in [-0.2, -0.15) is 0 Å². The Morgan fingerprint density at radius 2 is 1.78 bits per heavy atom. The van der Waals surface area contributed by atoms with Gasteiger partial charge in [-0.05, 0) is 43.9 Å². The number of nitrogens with one attached hydrogen (secondary N) is 1. The molecule has 1 fully saturated rings. The molecule has 0 atom stereocenters. The van der Waals surface area contributed by atoms with E-state index < -0.39 is 0 Å². The summed E-state index contributed by atoms with van der Waals surface area (Å²) in [6, 6.07) is 11.7. The van der Waals surface area contributed by atoms with Crippen LogP contribution in [-0.4, -0.2) is 29.2 Å². The van der Waals surface area contributed by atoms with E-state index in [-0.39, 0.29) is 5.91 Å². The maximum atomic E-state index is 12.1. The van der Waals surface area contributed by atoms with Crippen LogP contribution >= 0.6 is 0 Å². The lowest BCUT2D eigenvalue weighted by Gasteiger charge is -2.27. The Labute approximate surface area is 136 Å². The van der Waals surface area contributed by atoms with Crippen molar-refractivity contribution in [2.45, 2.75) is 32.6 Å². The number of benzene rings is 1. The summed E-state index contributed by atoms with van der Waals surface area (Å²) >= 11 is 0. The van der Waals surface area contributed by atoms with Crippen molar-refractivity contribution in [2.24, 2.45) is 0 Å². The molecular formula is C18H22N4O. The van der Waals surface area contributed by atoms with Crippen molar-refractivity contribution in [3.63, 3.8) is 0 Å². The van der Waals surface area contributed by atoms with Crippen molar-refractivity contribution in [1.29, 1.82) is 0 Å². The van der Waals surface area contributed by atoms with Crippen LogP contribution in [0, 0.1) is 6.92 Å². The normalized spacial score (nSPS) is 14.6. The van der Waals surface area contributed by atoms with Gasteiger partial charge < -0.3 is 10.2 Å². The highest BCUT2D eigenvalue weighted by molar-refractivity contribution is 5.91. The molecule has 1 aromatic heterocycles. The lowest BCUT2D eigenvalue weighted by molar-refractivity contribution is -0.115. The Kier molecular flexibility index (Phi) is 4.86. The molecule has 5 nitrogen and oxygen atoms in total. The fourth-order valence-electron chi connectivity index (χ4n) is 2.76. The van der Waals surface area contributed by atoms with Gasteiger partial charge in [0.1, 0.15) is 0 Å². The second-order valence-electron chi connectivity index (χ2n) is 6.04. The van der Waals surface area contributed by atoms with Gasteiger partial charge >= 0.3 is 0 Å². The van der Waals surface area contributed by atoms with Crippen LogP contribution in [0.3, 0.4) is 0 Å². The first kappa shape index (κ1) is 15.5. The molecule has 0 bridgehead atoms. The molecule has 1 amide bonds. The molecule has 23 heavy (non-hydrogen) atoms. The fraction of sp³-hybridized carbons (Fsp3) is 0.389. The number of carbonyl (C=O) groups excluding carboxylic acids is 1. The number of aryl methyl sites for hydroxylation is 1. The minimum absolute atomic E-state index is 0.0751. The maximum absolute atomic E-state index is 12.1. The molecular weight excluding hydrogens is 288 g/mol. The highest BCUT2D eigenvalue weighted by Gasteiger charge is 2.13. The van der Waals surface area contributed by atoms with Gasteiger partial charge in [0.15, 0.2) is 11.6 Å². The van der Waals surface area contributed by atoms with Crippen LogP contribution in [0.1, 0.15) is 30.4 Å². The molecule has 1 N–H and O–H groups in total. The van der Waals surface area contributed by atoms with Gasteiger partial charge in [-0.15, -0.1) is 10.2 Å². The SMILES string of the molecule is Cc1ccc(CC(=O)Nc2ccc(N3CCCCC3)nn2)cc1. The van der Waals surface area contributed by atoms with Gasteiger partial charge in [0.25, 0.3) is 0 Å². The molecule has 0 radical (unpaired) electrons. The Hall–Kier alpha value is -2.43. The summed E-state index contributed by atoms with van der Waals surface area (Å²) < 4.78 is 0. The van der Waals surface area contributed by atoms with Crippen LogP contribution in [0.5, 0.6) is 0 Å². The predicted molar refractivity (Wildman–Crippen MR) is 91.6 cm³/mol. The molecule has 5 heteroatoms. The predicted octanol–water partition coefficient (Wildman–Crippen LogP) is 2.96. The van der Waals surface area contributed by atoms with Crippen LogP contribution < -0.4 is 10.2 Å². The summed E-state index contributed by atoms with van der Waals surface area (Å²) in [5, 5.41) is 11.2. The Morgan fingerprint density at radius 1 is 1.04 bits per heavy atom. The Morgan fingerprint density at radius 3 is 2.43 bits per heavy atom. The third-order valence-electron chi connectivity index (χ3n) is 4.08.